The van der Waals surface area contributed by atoms with Crippen molar-refractivity contribution < 1.29 is 14.4 Å². The molecule has 3 N–H and O–H groups in total. The molecule has 0 spiro atoms. The van der Waals surface area contributed by atoms with E-state index in [1.165, 1.54) is 0 Å². The summed E-state index contributed by atoms with van der Waals surface area (Å²) in [4.78, 5) is 36.1. The normalized spacial score (nSPS) is 16.5. The molecule has 0 bridgehead atoms. The number of nitrogens with one attached hydrogen (secondary N) is 3. The lowest BCUT2D eigenvalue weighted by Crippen LogP contribution is -2.34. The lowest BCUT2D eigenvalue weighted by atomic mass is 10.0. The topological polar surface area (TPSA) is 87.3 Å². The second kappa shape index (κ2) is 7.68. The van der Waals surface area contributed by atoms with E-state index in [2.05, 4.69) is 61.1 Å². The third-order valence-electron chi connectivity index (χ3n) is 3.65. The van der Waals surface area contributed by atoms with Crippen LogP contribution >= 0.6 is 45.2 Å². The van der Waals surface area contributed by atoms with Gasteiger partial charge in [0.25, 0.3) is 5.91 Å². The molecule has 1 atom stereocenters. The zero-order valence-corrected chi connectivity index (χ0v) is 17.1. The van der Waals surface area contributed by atoms with Crippen molar-refractivity contribution in [3.63, 3.8) is 0 Å². The van der Waals surface area contributed by atoms with Crippen LogP contribution in [0.15, 0.2) is 42.5 Å². The van der Waals surface area contributed by atoms with Crippen LogP contribution in [0.25, 0.3) is 0 Å². The van der Waals surface area contributed by atoms with Crippen LogP contribution in [-0.2, 0) is 9.59 Å². The number of fused-ring (bicyclic) bond motifs is 1. The molecule has 2 aromatic carbocycles. The van der Waals surface area contributed by atoms with E-state index >= 15 is 0 Å². The largest absolute Gasteiger partial charge is 0.331 e. The molecule has 2 aromatic rings. The Morgan fingerprint density at radius 3 is 2.48 bits per heavy atom. The molecule has 0 saturated carbocycles. The van der Waals surface area contributed by atoms with Gasteiger partial charge in [-0.2, -0.15) is 0 Å². The highest BCUT2D eigenvalue weighted by Crippen LogP contribution is 2.28. The lowest BCUT2D eigenvalue weighted by molar-refractivity contribution is -0.134. The SMILES string of the molecule is O=C(Nc1cc(I)cc(I)c1)NC1CC(=O)C(=O)Nc2ccccc21. The summed E-state index contributed by atoms with van der Waals surface area (Å²) >= 11 is 4.35. The fraction of sp³-hybridized carbons (Fsp3) is 0.118. The Labute approximate surface area is 171 Å². The Kier molecular flexibility index (Phi) is 5.57. The first-order valence-electron chi connectivity index (χ1n) is 7.39. The van der Waals surface area contributed by atoms with Crippen molar-refractivity contribution in [3.05, 3.63) is 55.2 Å². The van der Waals surface area contributed by atoms with E-state index < -0.39 is 23.8 Å². The van der Waals surface area contributed by atoms with Crippen LogP contribution < -0.4 is 16.0 Å². The molecule has 3 amide bonds. The number of urea groups is 1. The fourth-order valence-corrected chi connectivity index (χ4v) is 4.51. The minimum atomic E-state index is -0.663. The van der Waals surface area contributed by atoms with Crippen molar-refractivity contribution in [2.24, 2.45) is 0 Å². The number of hydrogen-bond donors (Lipinski definition) is 3. The van der Waals surface area contributed by atoms with E-state index in [1.807, 2.05) is 18.2 Å². The molecule has 1 aliphatic heterocycles. The fourth-order valence-electron chi connectivity index (χ4n) is 2.57. The number of halogens is 2. The minimum absolute atomic E-state index is 0.0832. The number of benzene rings is 2. The van der Waals surface area contributed by atoms with Crippen LogP contribution in [0, 0.1) is 7.14 Å². The minimum Gasteiger partial charge on any atom is -0.331 e. The zero-order chi connectivity index (χ0) is 18.0. The van der Waals surface area contributed by atoms with Gasteiger partial charge in [-0.05, 0) is 75.0 Å². The van der Waals surface area contributed by atoms with E-state index in [1.54, 1.807) is 24.3 Å². The Bertz CT molecular complexity index is 850. The van der Waals surface area contributed by atoms with Crippen LogP contribution in [0.1, 0.15) is 18.0 Å². The molecule has 0 saturated heterocycles. The van der Waals surface area contributed by atoms with Gasteiger partial charge in [-0.3, -0.25) is 9.59 Å². The molecule has 8 heteroatoms. The van der Waals surface area contributed by atoms with Gasteiger partial charge in [-0.25, -0.2) is 4.79 Å². The molecular formula is C17H13I2N3O3. The highest BCUT2D eigenvalue weighted by Gasteiger charge is 2.28. The van der Waals surface area contributed by atoms with Crippen LogP contribution in [0.5, 0.6) is 0 Å². The molecule has 0 radical (unpaired) electrons. The third-order valence-corrected chi connectivity index (χ3v) is 4.90. The molecule has 3 rings (SSSR count). The van der Waals surface area contributed by atoms with E-state index in [-0.39, 0.29) is 6.42 Å². The number of para-hydroxylation sites is 1. The first-order valence-corrected chi connectivity index (χ1v) is 9.55. The highest BCUT2D eigenvalue weighted by atomic mass is 127. The maximum Gasteiger partial charge on any atom is 0.319 e. The summed E-state index contributed by atoms with van der Waals surface area (Å²) in [6.45, 7) is 0. The maximum atomic E-state index is 12.4. The number of rotatable bonds is 2. The summed E-state index contributed by atoms with van der Waals surface area (Å²) in [6, 6.07) is 11.7. The zero-order valence-electron chi connectivity index (χ0n) is 12.8. The van der Waals surface area contributed by atoms with E-state index in [9.17, 15) is 14.4 Å². The van der Waals surface area contributed by atoms with Gasteiger partial charge in [-0.1, -0.05) is 18.2 Å². The Morgan fingerprint density at radius 1 is 1.08 bits per heavy atom. The average molecular weight is 561 g/mol. The lowest BCUT2D eigenvalue weighted by Gasteiger charge is -2.18. The van der Waals surface area contributed by atoms with Crippen molar-refractivity contribution in [2.45, 2.75) is 12.5 Å². The molecule has 1 heterocycles. The standard InChI is InChI=1S/C17H13I2N3O3/c18-9-5-10(19)7-11(6-9)20-17(25)22-14-8-15(23)16(24)21-13-4-2-1-3-12(13)14/h1-7,14H,8H2,(H,21,24)(H2,20,22,25). The first-order chi connectivity index (χ1) is 11.9. The number of anilines is 2. The van der Waals surface area contributed by atoms with Crippen molar-refractivity contribution in [3.8, 4) is 0 Å². The quantitative estimate of drug-likeness (QED) is 0.387. The molecule has 128 valence electrons. The maximum absolute atomic E-state index is 12.4. The summed E-state index contributed by atoms with van der Waals surface area (Å²) < 4.78 is 2.01. The number of carbonyl (C=O) groups excluding carboxylic acids is 3. The van der Waals surface area contributed by atoms with E-state index in [0.29, 0.717) is 16.9 Å². The first kappa shape index (κ1) is 18.1. The van der Waals surface area contributed by atoms with Gasteiger partial charge >= 0.3 is 6.03 Å². The van der Waals surface area contributed by atoms with Crippen molar-refractivity contribution in [1.82, 2.24) is 5.32 Å². The van der Waals surface area contributed by atoms with Crippen LogP contribution in [-0.4, -0.2) is 17.7 Å². The molecule has 0 aliphatic carbocycles. The van der Waals surface area contributed by atoms with Gasteiger partial charge in [0.15, 0.2) is 0 Å². The molecule has 0 fully saturated rings. The summed E-state index contributed by atoms with van der Waals surface area (Å²) in [5.74, 6) is -1.23. The van der Waals surface area contributed by atoms with Crippen molar-refractivity contribution in [1.29, 1.82) is 0 Å². The Morgan fingerprint density at radius 2 is 1.76 bits per heavy atom. The second-order valence-electron chi connectivity index (χ2n) is 5.48. The number of carbonyl (C=O) groups is 3. The van der Waals surface area contributed by atoms with E-state index in [4.69, 9.17) is 0 Å². The number of Topliss-reactive ketones (excluding diaryl/α,β-unsaturated/α-hetero) is 1. The van der Waals surface area contributed by atoms with Gasteiger partial charge in [0, 0.05) is 24.9 Å². The van der Waals surface area contributed by atoms with Gasteiger partial charge in [-0.15, -0.1) is 0 Å². The summed E-state index contributed by atoms with van der Waals surface area (Å²) in [6.07, 6.45) is -0.0832. The molecule has 1 unspecified atom stereocenters. The summed E-state index contributed by atoms with van der Waals surface area (Å²) in [7, 11) is 0. The van der Waals surface area contributed by atoms with Gasteiger partial charge in [0.05, 0.1) is 6.04 Å². The summed E-state index contributed by atoms with van der Waals surface area (Å²) in [5, 5.41) is 8.14. The molecule has 0 aromatic heterocycles. The van der Waals surface area contributed by atoms with Gasteiger partial charge in [0.2, 0.25) is 5.78 Å². The highest BCUT2D eigenvalue weighted by molar-refractivity contribution is 14.1. The van der Waals surface area contributed by atoms with Gasteiger partial charge < -0.3 is 16.0 Å². The van der Waals surface area contributed by atoms with Crippen LogP contribution in [0.3, 0.4) is 0 Å². The average Bonchev–Trinajstić information content (AvgIpc) is 2.64. The number of ketones is 1. The number of amides is 3. The Hall–Kier alpha value is -1.69. The second-order valence-corrected chi connectivity index (χ2v) is 7.97. The smallest absolute Gasteiger partial charge is 0.319 e. The number of hydrogen-bond acceptors (Lipinski definition) is 3. The van der Waals surface area contributed by atoms with Crippen LogP contribution in [0.2, 0.25) is 0 Å². The molecule has 1 aliphatic rings. The predicted molar refractivity (Wildman–Crippen MR) is 111 cm³/mol. The molecule has 6 nitrogen and oxygen atoms in total. The predicted octanol–water partition coefficient (Wildman–Crippen LogP) is 3.67. The van der Waals surface area contributed by atoms with Crippen molar-refractivity contribution in [2.75, 3.05) is 10.6 Å². The van der Waals surface area contributed by atoms with E-state index in [0.717, 1.165) is 7.14 Å². The molecular weight excluding hydrogens is 548 g/mol. The summed E-state index contributed by atoms with van der Waals surface area (Å²) in [5.41, 5.74) is 1.90. The third kappa shape index (κ3) is 4.48. The molecule has 25 heavy (non-hydrogen) atoms. The van der Waals surface area contributed by atoms with Crippen LogP contribution in [0.4, 0.5) is 16.2 Å². The Balaban J connectivity index is 1.80. The monoisotopic (exact) mass is 561 g/mol. The van der Waals surface area contributed by atoms with Crippen molar-refractivity contribution >= 4 is 74.3 Å². The van der Waals surface area contributed by atoms with Gasteiger partial charge in [0.1, 0.15) is 0 Å².